The molecule has 3 heterocycles. The second kappa shape index (κ2) is 11.1. The van der Waals surface area contributed by atoms with Gasteiger partial charge in [-0.25, -0.2) is 4.79 Å². The number of aromatic carboxylic acids is 1. The van der Waals surface area contributed by atoms with Gasteiger partial charge in [0.05, 0.1) is 37.4 Å². The molecule has 5 rings (SSSR count). The maximum absolute atomic E-state index is 12.7. The van der Waals surface area contributed by atoms with Crippen LogP contribution in [0.1, 0.15) is 63.2 Å². The largest absolute Gasteiger partial charge is 0.478 e. The Morgan fingerprint density at radius 1 is 1.12 bits per heavy atom. The Labute approximate surface area is 191 Å². The van der Waals surface area contributed by atoms with E-state index < -0.39 is 5.97 Å². The number of nitrogens with zero attached hydrogens (tertiary/aromatic N) is 2. The van der Waals surface area contributed by atoms with E-state index in [2.05, 4.69) is 4.90 Å². The van der Waals surface area contributed by atoms with Gasteiger partial charge in [-0.05, 0) is 56.9 Å². The van der Waals surface area contributed by atoms with Crippen LogP contribution < -0.4 is 4.90 Å². The number of amides is 1. The molecule has 1 N–H and O–H groups in total. The molecule has 7 heteroatoms. The molecule has 0 radical (unpaired) electrons. The van der Waals surface area contributed by atoms with Crippen molar-refractivity contribution >= 4 is 17.6 Å². The van der Waals surface area contributed by atoms with Crippen molar-refractivity contribution in [3.8, 4) is 0 Å². The number of carboxylic acids is 1. The molecule has 4 aliphatic rings. The molecule has 1 aromatic rings. The predicted molar refractivity (Wildman–Crippen MR) is 124 cm³/mol. The lowest BCUT2D eigenvalue weighted by Crippen LogP contribution is -2.49. The maximum atomic E-state index is 12.7. The molecule has 1 atom stereocenters. The normalized spacial score (nSPS) is 25.7. The Morgan fingerprint density at radius 3 is 2.28 bits per heavy atom. The molecule has 2 bridgehead atoms. The highest BCUT2D eigenvalue weighted by Crippen LogP contribution is 2.43. The van der Waals surface area contributed by atoms with Crippen molar-refractivity contribution in [1.82, 2.24) is 4.90 Å². The number of fused-ring (bicyclic) bond motifs is 3. The lowest BCUT2D eigenvalue weighted by molar-refractivity contribution is -0.152. The number of anilines is 1. The Balaban J connectivity index is 0.00000141. The second-order valence-corrected chi connectivity index (χ2v) is 9.06. The fourth-order valence-corrected chi connectivity index (χ4v) is 4.78. The van der Waals surface area contributed by atoms with Gasteiger partial charge in [0, 0.05) is 37.3 Å². The van der Waals surface area contributed by atoms with E-state index >= 15 is 0 Å². The van der Waals surface area contributed by atoms with Gasteiger partial charge in [-0.2, -0.15) is 0 Å². The number of carbonyl (C=O) groups is 2. The fraction of sp³-hybridized carbons (Fsp3) is 0.680. The van der Waals surface area contributed by atoms with Crippen molar-refractivity contribution in [2.75, 3.05) is 44.3 Å². The average Bonchev–Trinajstić information content (AvgIpc) is 2.85. The van der Waals surface area contributed by atoms with Gasteiger partial charge in [0.15, 0.2) is 0 Å². The van der Waals surface area contributed by atoms with Gasteiger partial charge in [0.25, 0.3) is 0 Å². The van der Waals surface area contributed by atoms with E-state index in [1.165, 1.54) is 12.8 Å². The summed E-state index contributed by atoms with van der Waals surface area (Å²) in [5.74, 6) is -0.777. The number of carbonyl (C=O) groups excluding carboxylic acids is 1. The summed E-state index contributed by atoms with van der Waals surface area (Å²) in [6.45, 7) is 10.3. The zero-order chi connectivity index (χ0) is 23.1. The van der Waals surface area contributed by atoms with Crippen LogP contribution in [0, 0.1) is 5.41 Å². The van der Waals surface area contributed by atoms with Crippen molar-refractivity contribution < 1.29 is 24.2 Å². The molecule has 3 saturated heterocycles. The van der Waals surface area contributed by atoms with Crippen molar-refractivity contribution in [2.24, 2.45) is 5.41 Å². The monoisotopic (exact) mass is 446 g/mol. The molecular weight excluding hydrogens is 408 g/mol. The van der Waals surface area contributed by atoms with E-state index in [1.54, 1.807) is 12.1 Å². The first kappa shape index (κ1) is 24.5. The van der Waals surface area contributed by atoms with Crippen LogP contribution in [-0.4, -0.2) is 73.5 Å². The minimum absolute atomic E-state index is 0.0897. The Hall–Kier alpha value is -2.12. The van der Waals surface area contributed by atoms with E-state index in [-0.39, 0.29) is 23.0 Å². The van der Waals surface area contributed by atoms with Gasteiger partial charge in [-0.1, -0.05) is 13.8 Å². The molecule has 1 aliphatic carbocycles. The van der Waals surface area contributed by atoms with Crippen LogP contribution in [0.2, 0.25) is 0 Å². The summed E-state index contributed by atoms with van der Waals surface area (Å²) in [4.78, 5) is 27.8. The van der Waals surface area contributed by atoms with Crippen LogP contribution >= 0.6 is 0 Å². The van der Waals surface area contributed by atoms with Gasteiger partial charge in [-0.3, -0.25) is 4.79 Å². The number of hydrogen-bond acceptors (Lipinski definition) is 5. The zero-order valence-electron chi connectivity index (χ0n) is 19.7. The quantitative estimate of drug-likeness (QED) is 0.686. The van der Waals surface area contributed by atoms with Crippen LogP contribution in [0.25, 0.3) is 0 Å². The fourth-order valence-electron chi connectivity index (χ4n) is 4.78. The van der Waals surface area contributed by atoms with Crippen molar-refractivity contribution in [1.29, 1.82) is 0 Å². The van der Waals surface area contributed by atoms with Crippen molar-refractivity contribution in [2.45, 2.75) is 65.1 Å². The van der Waals surface area contributed by atoms with E-state index in [4.69, 9.17) is 14.6 Å². The summed E-state index contributed by atoms with van der Waals surface area (Å²) in [5, 5.41) is 9.02. The summed E-state index contributed by atoms with van der Waals surface area (Å²) in [5.41, 5.74) is 1.44. The van der Waals surface area contributed by atoms with Gasteiger partial charge < -0.3 is 24.4 Å². The highest BCUT2D eigenvalue weighted by atomic mass is 16.5. The van der Waals surface area contributed by atoms with Crippen LogP contribution in [-0.2, 0) is 14.3 Å². The molecule has 1 unspecified atom stereocenters. The highest BCUT2D eigenvalue weighted by Gasteiger charge is 2.41. The van der Waals surface area contributed by atoms with Crippen LogP contribution in [0.15, 0.2) is 24.3 Å². The third-order valence-corrected chi connectivity index (χ3v) is 6.87. The van der Waals surface area contributed by atoms with Crippen LogP contribution in [0.5, 0.6) is 0 Å². The predicted octanol–water partition coefficient (Wildman–Crippen LogP) is 3.81. The topological polar surface area (TPSA) is 79.3 Å². The SMILES string of the molecule is CC.CC(CC(=O)N1CCN(c2ccc(C(=O)O)cc2)CC1)OCC12CCC(CC1)OC2. The molecule has 0 spiro atoms. The number of carboxylic acid groups (broad SMARTS) is 1. The molecule has 1 saturated carbocycles. The van der Waals surface area contributed by atoms with Gasteiger partial charge in [0.1, 0.15) is 0 Å². The van der Waals surface area contributed by atoms with Crippen molar-refractivity contribution in [3.05, 3.63) is 29.8 Å². The number of hydrogen-bond donors (Lipinski definition) is 1. The molecule has 1 amide bonds. The lowest BCUT2D eigenvalue weighted by atomic mass is 9.72. The number of benzene rings is 1. The molecule has 1 aromatic carbocycles. The summed E-state index contributed by atoms with van der Waals surface area (Å²) in [7, 11) is 0. The first-order valence-electron chi connectivity index (χ1n) is 12.0. The third-order valence-electron chi connectivity index (χ3n) is 6.87. The first-order valence-corrected chi connectivity index (χ1v) is 12.0. The molecule has 0 aromatic heterocycles. The minimum Gasteiger partial charge on any atom is -0.478 e. The summed E-state index contributed by atoms with van der Waals surface area (Å²) in [6.07, 6.45) is 5.40. The third kappa shape index (κ3) is 6.01. The van der Waals surface area contributed by atoms with Crippen molar-refractivity contribution in [3.63, 3.8) is 0 Å². The molecular formula is C25H38N2O5. The van der Waals surface area contributed by atoms with E-state index in [1.807, 2.05) is 37.8 Å². The lowest BCUT2D eigenvalue weighted by Gasteiger charge is -2.46. The molecule has 178 valence electrons. The average molecular weight is 447 g/mol. The molecule has 32 heavy (non-hydrogen) atoms. The smallest absolute Gasteiger partial charge is 0.335 e. The van der Waals surface area contributed by atoms with Crippen LogP contribution in [0.3, 0.4) is 0 Å². The Morgan fingerprint density at radius 2 is 1.75 bits per heavy atom. The molecule has 3 aliphatic heterocycles. The molecule has 7 nitrogen and oxygen atoms in total. The number of ether oxygens (including phenoxy) is 2. The highest BCUT2D eigenvalue weighted by molar-refractivity contribution is 5.88. The number of piperazine rings is 1. The van der Waals surface area contributed by atoms with Crippen LogP contribution in [0.4, 0.5) is 5.69 Å². The minimum atomic E-state index is -0.920. The Bertz CT molecular complexity index is 736. The van der Waals surface area contributed by atoms with E-state index in [0.717, 1.165) is 38.2 Å². The zero-order valence-corrected chi connectivity index (χ0v) is 19.7. The Kier molecular flexibility index (Phi) is 8.54. The molecule has 4 fully saturated rings. The van der Waals surface area contributed by atoms with Gasteiger partial charge >= 0.3 is 5.97 Å². The van der Waals surface area contributed by atoms with Gasteiger partial charge in [0.2, 0.25) is 5.91 Å². The second-order valence-electron chi connectivity index (χ2n) is 9.06. The van der Waals surface area contributed by atoms with Gasteiger partial charge in [-0.15, -0.1) is 0 Å². The standard InChI is InChI=1S/C23H32N2O5.C2H6/c1-17(29-15-23-8-6-20(7-9-23)30-16-23)14-21(26)25-12-10-24(11-13-25)19-4-2-18(3-5-19)22(27)28;1-2/h2-5,17,20H,6-16H2,1H3,(H,27,28);1-2H3. The maximum Gasteiger partial charge on any atom is 0.335 e. The summed E-state index contributed by atoms with van der Waals surface area (Å²) < 4.78 is 12.0. The summed E-state index contributed by atoms with van der Waals surface area (Å²) >= 11 is 0. The van der Waals surface area contributed by atoms with E-state index in [0.29, 0.717) is 32.2 Å². The first-order chi connectivity index (χ1) is 15.4. The summed E-state index contributed by atoms with van der Waals surface area (Å²) in [6, 6.07) is 6.91. The van der Waals surface area contributed by atoms with E-state index in [9.17, 15) is 9.59 Å². The number of rotatable bonds is 7.